The molecule has 0 saturated carbocycles. The summed E-state index contributed by atoms with van der Waals surface area (Å²) in [6, 6.07) is 12.6. The van der Waals surface area contributed by atoms with Gasteiger partial charge in [0.25, 0.3) is 0 Å². The number of carbonyl (C=O) groups is 1. The minimum Gasteiger partial charge on any atom is -0.481 e. The highest BCUT2D eigenvalue weighted by Gasteiger charge is 2.14. The van der Waals surface area contributed by atoms with Gasteiger partial charge in [0.1, 0.15) is 0 Å². The van der Waals surface area contributed by atoms with Crippen LogP contribution in [0.2, 0.25) is 0 Å². The summed E-state index contributed by atoms with van der Waals surface area (Å²) in [7, 11) is 0. The Labute approximate surface area is 152 Å². The summed E-state index contributed by atoms with van der Waals surface area (Å²) < 4.78 is 2.49. The van der Waals surface area contributed by atoms with E-state index in [1.54, 1.807) is 0 Å². The van der Waals surface area contributed by atoms with E-state index in [9.17, 15) is 4.79 Å². The molecular formula is C17H16BrN3O2S. The van der Waals surface area contributed by atoms with E-state index in [2.05, 4.69) is 57.3 Å². The quantitative estimate of drug-likeness (QED) is 0.628. The maximum absolute atomic E-state index is 10.8. The van der Waals surface area contributed by atoms with Gasteiger partial charge in [-0.05, 0) is 44.3 Å². The standard InChI is InChI=1S/C17H16BrN3O2S/c1-2-11-7-8-12(14-6-4-3-5-13(11)14)9-21-16(18)19-20-17(21)24-10-15(22)23/h3-8H,2,9-10H2,1H3,(H,22,23). The molecule has 3 aromatic rings. The number of benzene rings is 2. The van der Waals surface area contributed by atoms with Crippen LogP contribution in [0.5, 0.6) is 0 Å². The van der Waals surface area contributed by atoms with Gasteiger partial charge in [-0.3, -0.25) is 9.36 Å². The average molecular weight is 406 g/mol. The molecule has 0 bridgehead atoms. The molecule has 2 aromatic carbocycles. The number of carboxylic acids is 1. The zero-order valence-corrected chi connectivity index (χ0v) is 15.5. The first-order chi connectivity index (χ1) is 11.6. The van der Waals surface area contributed by atoms with Gasteiger partial charge in [-0.15, -0.1) is 10.2 Å². The molecule has 24 heavy (non-hydrogen) atoms. The van der Waals surface area contributed by atoms with Crippen molar-refractivity contribution in [2.45, 2.75) is 25.0 Å². The van der Waals surface area contributed by atoms with Crippen molar-refractivity contribution in [2.75, 3.05) is 5.75 Å². The van der Waals surface area contributed by atoms with Crippen LogP contribution in [-0.4, -0.2) is 31.6 Å². The number of hydrogen-bond acceptors (Lipinski definition) is 4. The highest BCUT2D eigenvalue weighted by Crippen LogP contribution is 2.27. The first-order valence-electron chi connectivity index (χ1n) is 7.53. The number of rotatable bonds is 6. The Morgan fingerprint density at radius 3 is 2.50 bits per heavy atom. The SMILES string of the molecule is CCc1ccc(Cn2c(Br)nnc2SCC(=O)O)c2ccccc12. The Morgan fingerprint density at radius 2 is 1.83 bits per heavy atom. The second kappa shape index (κ2) is 7.36. The van der Waals surface area contributed by atoms with Crippen LogP contribution >= 0.6 is 27.7 Å². The Morgan fingerprint density at radius 1 is 1.17 bits per heavy atom. The van der Waals surface area contributed by atoms with Crippen molar-refractivity contribution in [3.63, 3.8) is 0 Å². The Hall–Kier alpha value is -1.86. The number of fused-ring (bicyclic) bond motifs is 1. The van der Waals surface area contributed by atoms with E-state index in [0.717, 1.165) is 12.0 Å². The normalized spacial score (nSPS) is 11.1. The molecule has 1 aromatic heterocycles. The van der Waals surface area contributed by atoms with Gasteiger partial charge in [0.2, 0.25) is 4.73 Å². The average Bonchev–Trinajstić information content (AvgIpc) is 2.93. The van der Waals surface area contributed by atoms with Crippen molar-refractivity contribution < 1.29 is 9.90 Å². The van der Waals surface area contributed by atoms with Crippen LogP contribution < -0.4 is 0 Å². The summed E-state index contributed by atoms with van der Waals surface area (Å²) in [6.45, 7) is 2.73. The van der Waals surface area contributed by atoms with Gasteiger partial charge in [0, 0.05) is 0 Å². The van der Waals surface area contributed by atoms with Crippen molar-refractivity contribution in [1.29, 1.82) is 0 Å². The van der Waals surface area contributed by atoms with E-state index in [1.165, 1.54) is 28.1 Å². The van der Waals surface area contributed by atoms with Crippen molar-refractivity contribution >= 4 is 44.4 Å². The fourth-order valence-corrected chi connectivity index (χ4v) is 3.83. The van der Waals surface area contributed by atoms with Crippen molar-refractivity contribution in [3.8, 4) is 0 Å². The molecule has 124 valence electrons. The monoisotopic (exact) mass is 405 g/mol. The van der Waals surface area contributed by atoms with Gasteiger partial charge in [-0.25, -0.2) is 0 Å². The van der Waals surface area contributed by atoms with Gasteiger partial charge >= 0.3 is 5.97 Å². The number of aromatic nitrogens is 3. The predicted molar refractivity (Wildman–Crippen MR) is 98.5 cm³/mol. The largest absolute Gasteiger partial charge is 0.481 e. The number of aryl methyl sites for hydroxylation is 1. The van der Waals surface area contributed by atoms with Crippen LogP contribution in [0.3, 0.4) is 0 Å². The van der Waals surface area contributed by atoms with E-state index in [1.807, 2.05) is 16.7 Å². The lowest BCUT2D eigenvalue weighted by Gasteiger charge is -2.12. The summed E-state index contributed by atoms with van der Waals surface area (Å²) in [5, 5.41) is 20.0. The molecule has 5 nitrogen and oxygen atoms in total. The summed E-state index contributed by atoms with van der Waals surface area (Å²) >= 11 is 4.57. The lowest BCUT2D eigenvalue weighted by atomic mass is 9.98. The van der Waals surface area contributed by atoms with Crippen molar-refractivity contribution in [1.82, 2.24) is 14.8 Å². The van der Waals surface area contributed by atoms with Crippen LogP contribution in [0.1, 0.15) is 18.1 Å². The zero-order valence-electron chi connectivity index (χ0n) is 13.1. The van der Waals surface area contributed by atoms with Crippen molar-refractivity contribution in [2.24, 2.45) is 0 Å². The number of carboxylic acid groups (broad SMARTS) is 1. The smallest absolute Gasteiger partial charge is 0.313 e. The van der Waals surface area contributed by atoms with Gasteiger partial charge < -0.3 is 5.11 Å². The summed E-state index contributed by atoms with van der Waals surface area (Å²) in [5.41, 5.74) is 2.47. The molecule has 1 heterocycles. The first-order valence-corrected chi connectivity index (χ1v) is 9.30. The molecule has 0 unspecified atom stereocenters. The zero-order chi connectivity index (χ0) is 17.1. The van der Waals surface area contributed by atoms with E-state index in [0.29, 0.717) is 16.4 Å². The van der Waals surface area contributed by atoms with Gasteiger partial charge in [-0.2, -0.15) is 0 Å². The van der Waals surface area contributed by atoms with Gasteiger partial charge in [0.15, 0.2) is 5.16 Å². The fraction of sp³-hybridized carbons (Fsp3) is 0.235. The molecule has 0 aliphatic carbocycles. The van der Waals surface area contributed by atoms with E-state index in [-0.39, 0.29) is 5.75 Å². The third kappa shape index (κ3) is 3.47. The lowest BCUT2D eigenvalue weighted by molar-refractivity contribution is -0.133. The molecule has 0 radical (unpaired) electrons. The second-order valence-electron chi connectivity index (χ2n) is 5.30. The van der Waals surface area contributed by atoms with Gasteiger partial charge in [-0.1, -0.05) is 55.1 Å². The third-order valence-electron chi connectivity index (χ3n) is 3.81. The highest BCUT2D eigenvalue weighted by atomic mass is 79.9. The molecule has 0 fully saturated rings. The molecule has 0 saturated heterocycles. The number of nitrogens with zero attached hydrogens (tertiary/aromatic N) is 3. The van der Waals surface area contributed by atoms with Crippen LogP contribution in [0.15, 0.2) is 46.3 Å². The molecule has 0 aliphatic heterocycles. The van der Waals surface area contributed by atoms with Crippen LogP contribution in [0, 0.1) is 0 Å². The van der Waals surface area contributed by atoms with E-state index >= 15 is 0 Å². The Balaban J connectivity index is 1.99. The topological polar surface area (TPSA) is 68.0 Å². The Kier molecular flexibility index (Phi) is 5.20. The molecule has 0 spiro atoms. The molecule has 7 heteroatoms. The summed E-state index contributed by atoms with van der Waals surface area (Å²) in [4.78, 5) is 10.8. The summed E-state index contributed by atoms with van der Waals surface area (Å²) in [6.07, 6.45) is 0.983. The minimum absolute atomic E-state index is 0.0410. The van der Waals surface area contributed by atoms with Crippen LogP contribution in [-0.2, 0) is 17.8 Å². The van der Waals surface area contributed by atoms with Crippen molar-refractivity contribution in [3.05, 3.63) is 52.3 Å². The van der Waals surface area contributed by atoms with E-state index in [4.69, 9.17) is 5.11 Å². The first kappa shape index (κ1) is 17.0. The van der Waals surface area contributed by atoms with Crippen LogP contribution in [0.4, 0.5) is 0 Å². The molecule has 0 atom stereocenters. The van der Waals surface area contributed by atoms with E-state index < -0.39 is 5.97 Å². The second-order valence-corrected chi connectivity index (χ2v) is 6.95. The fourth-order valence-electron chi connectivity index (χ4n) is 2.68. The number of aliphatic carboxylic acids is 1. The lowest BCUT2D eigenvalue weighted by Crippen LogP contribution is -2.05. The number of hydrogen-bond donors (Lipinski definition) is 1. The number of thioether (sulfide) groups is 1. The maximum atomic E-state index is 10.8. The van der Waals surface area contributed by atoms with Crippen LogP contribution in [0.25, 0.3) is 10.8 Å². The number of halogens is 1. The van der Waals surface area contributed by atoms with Gasteiger partial charge in [0.05, 0.1) is 12.3 Å². The predicted octanol–water partition coefficient (Wildman–Crippen LogP) is 3.98. The molecule has 0 aliphatic rings. The third-order valence-corrected chi connectivity index (χ3v) is 5.35. The molecule has 3 rings (SSSR count). The molecular weight excluding hydrogens is 390 g/mol. The molecule has 0 amide bonds. The molecule has 1 N–H and O–H groups in total. The maximum Gasteiger partial charge on any atom is 0.313 e. The summed E-state index contributed by atoms with van der Waals surface area (Å²) in [5.74, 6) is -0.913. The Bertz CT molecular complexity index is 895. The minimum atomic E-state index is -0.872. The highest BCUT2D eigenvalue weighted by molar-refractivity contribution is 9.10.